The second-order valence-corrected chi connectivity index (χ2v) is 5.26. The highest BCUT2D eigenvalue weighted by Gasteiger charge is 2.31. The number of methoxy groups -OCH3 is 1. The van der Waals surface area contributed by atoms with E-state index in [1.54, 1.807) is 0 Å². The molecule has 7 heteroatoms. The number of cyclic esters (lactones) is 1. The van der Waals surface area contributed by atoms with Gasteiger partial charge in [0.2, 0.25) is 5.75 Å². The molecule has 7 nitrogen and oxygen atoms in total. The van der Waals surface area contributed by atoms with Gasteiger partial charge in [-0.2, -0.15) is 0 Å². The zero-order valence-electron chi connectivity index (χ0n) is 13.1. The van der Waals surface area contributed by atoms with E-state index in [-0.39, 0.29) is 28.6 Å². The first kappa shape index (κ1) is 16.3. The molecule has 0 spiro atoms. The number of carbonyl (C=O) groups excluding carboxylic acids is 1. The number of aliphatic hydroxyl groups excluding tert-OH is 1. The fourth-order valence-electron chi connectivity index (χ4n) is 2.40. The average molecular weight is 342 g/mol. The SMILES string of the molecule is COc1cc(/C=C2\OC(=O)C(c3ccc(O)cc3)=C2O)cc(O)c1O. The Kier molecular flexibility index (Phi) is 3.98. The highest BCUT2D eigenvalue weighted by molar-refractivity contribution is 6.20. The third kappa shape index (κ3) is 2.94. The molecule has 128 valence electrons. The lowest BCUT2D eigenvalue weighted by Crippen LogP contribution is -1.98. The molecular formula is C18H14O7. The predicted octanol–water partition coefficient (Wildman–Crippen LogP) is 2.68. The minimum absolute atomic E-state index is 0.0256. The molecule has 2 aromatic rings. The summed E-state index contributed by atoms with van der Waals surface area (Å²) >= 11 is 0. The van der Waals surface area contributed by atoms with Gasteiger partial charge in [-0.15, -0.1) is 0 Å². The lowest BCUT2D eigenvalue weighted by molar-refractivity contribution is -0.131. The summed E-state index contributed by atoms with van der Waals surface area (Å²) in [5, 5.41) is 39.0. The fourth-order valence-corrected chi connectivity index (χ4v) is 2.40. The van der Waals surface area contributed by atoms with Crippen molar-refractivity contribution < 1.29 is 34.7 Å². The highest BCUT2D eigenvalue weighted by atomic mass is 16.6. The molecule has 0 radical (unpaired) electrons. The Labute approximate surface area is 142 Å². The van der Waals surface area contributed by atoms with Crippen molar-refractivity contribution in [2.45, 2.75) is 0 Å². The first-order chi connectivity index (χ1) is 11.9. The van der Waals surface area contributed by atoms with Crippen LogP contribution in [0.25, 0.3) is 11.6 Å². The standard InChI is InChI=1S/C18H14O7/c1-24-13-7-9(6-12(20)16(13)21)8-14-17(22)15(18(23)25-14)10-2-4-11(19)5-3-10/h2-8,19-22H,1H3/b14-8-. The van der Waals surface area contributed by atoms with E-state index in [0.29, 0.717) is 11.1 Å². The van der Waals surface area contributed by atoms with Gasteiger partial charge in [-0.3, -0.25) is 0 Å². The molecule has 1 aliphatic heterocycles. The number of ether oxygens (including phenoxy) is 2. The van der Waals surface area contributed by atoms with Crippen molar-refractivity contribution >= 4 is 17.6 Å². The molecule has 1 heterocycles. The van der Waals surface area contributed by atoms with Crippen LogP contribution in [-0.4, -0.2) is 33.5 Å². The van der Waals surface area contributed by atoms with Gasteiger partial charge in [0.15, 0.2) is 23.0 Å². The monoisotopic (exact) mass is 342 g/mol. The Bertz CT molecular complexity index is 908. The summed E-state index contributed by atoms with van der Waals surface area (Å²) in [4.78, 5) is 12.1. The molecule has 25 heavy (non-hydrogen) atoms. The third-order valence-electron chi connectivity index (χ3n) is 3.63. The topological polar surface area (TPSA) is 116 Å². The first-order valence-corrected chi connectivity index (χ1v) is 7.17. The quantitative estimate of drug-likeness (QED) is 0.500. The number of phenolic OH excluding ortho intramolecular Hbond substituents is 3. The highest BCUT2D eigenvalue weighted by Crippen LogP contribution is 2.38. The van der Waals surface area contributed by atoms with Crippen LogP contribution in [0.1, 0.15) is 11.1 Å². The number of benzene rings is 2. The van der Waals surface area contributed by atoms with Crippen LogP contribution in [0.3, 0.4) is 0 Å². The summed E-state index contributed by atoms with van der Waals surface area (Å²) in [5.41, 5.74) is 0.685. The summed E-state index contributed by atoms with van der Waals surface area (Å²) in [6, 6.07) is 8.34. The van der Waals surface area contributed by atoms with Crippen molar-refractivity contribution in [3.63, 3.8) is 0 Å². The second-order valence-electron chi connectivity index (χ2n) is 5.26. The Morgan fingerprint density at radius 1 is 1.04 bits per heavy atom. The number of phenols is 3. The molecular weight excluding hydrogens is 328 g/mol. The second kappa shape index (κ2) is 6.12. The van der Waals surface area contributed by atoms with Gasteiger partial charge >= 0.3 is 5.97 Å². The molecule has 0 aliphatic carbocycles. The van der Waals surface area contributed by atoms with Crippen molar-refractivity contribution in [3.8, 4) is 23.0 Å². The van der Waals surface area contributed by atoms with Gasteiger partial charge in [-0.05, 0) is 41.5 Å². The van der Waals surface area contributed by atoms with E-state index >= 15 is 0 Å². The molecule has 0 aromatic heterocycles. The number of hydrogen-bond acceptors (Lipinski definition) is 7. The van der Waals surface area contributed by atoms with E-state index in [2.05, 4.69) is 0 Å². The lowest BCUT2D eigenvalue weighted by atomic mass is 10.0. The zero-order valence-corrected chi connectivity index (χ0v) is 13.1. The number of rotatable bonds is 3. The van der Waals surface area contributed by atoms with Gasteiger partial charge in [-0.25, -0.2) is 4.79 Å². The number of esters is 1. The number of carbonyl (C=O) groups is 1. The molecule has 2 aromatic carbocycles. The van der Waals surface area contributed by atoms with Crippen LogP contribution < -0.4 is 4.74 Å². The van der Waals surface area contributed by atoms with Crippen LogP contribution in [0.15, 0.2) is 47.9 Å². The molecule has 0 fully saturated rings. The van der Waals surface area contributed by atoms with Crippen LogP contribution in [0, 0.1) is 0 Å². The molecule has 4 N–H and O–H groups in total. The number of aliphatic hydroxyl groups is 1. The van der Waals surface area contributed by atoms with Crippen LogP contribution in [0.4, 0.5) is 0 Å². The molecule has 0 atom stereocenters. The summed E-state index contributed by atoms with van der Waals surface area (Å²) < 4.78 is 10.0. The maximum absolute atomic E-state index is 12.1. The summed E-state index contributed by atoms with van der Waals surface area (Å²) in [7, 11) is 1.32. The van der Waals surface area contributed by atoms with E-state index in [1.807, 2.05) is 0 Å². The normalized spacial score (nSPS) is 15.6. The largest absolute Gasteiger partial charge is 0.508 e. The number of hydrogen-bond donors (Lipinski definition) is 4. The minimum Gasteiger partial charge on any atom is -0.508 e. The zero-order chi connectivity index (χ0) is 18.1. The molecule has 0 saturated carbocycles. The van der Waals surface area contributed by atoms with E-state index in [4.69, 9.17) is 9.47 Å². The van der Waals surface area contributed by atoms with Crippen LogP contribution in [0.2, 0.25) is 0 Å². The Morgan fingerprint density at radius 3 is 2.36 bits per heavy atom. The Hall–Kier alpha value is -3.61. The van der Waals surface area contributed by atoms with Gasteiger partial charge in [0.1, 0.15) is 11.3 Å². The minimum atomic E-state index is -0.746. The van der Waals surface area contributed by atoms with Crippen LogP contribution in [-0.2, 0) is 9.53 Å². The van der Waals surface area contributed by atoms with Crippen molar-refractivity contribution in [3.05, 3.63) is 59.0 Å². The Morgan fingerprint density at radius 2 is 1.72 bits per heavy atom. The molecule has 0 unspecified atom stereocenters. The van der Waals surface area contributed by atoms with Crippen molar-refractivity contribution in [2.75, 3.05) is 7.11 Å². The Balaban J connectivity index is 2.04. The van der Waals surface area contributed by atoms with E-state index in [1.165, 1.54) is 49.6 Å². The van der Waals surface area contributed by atoms with Gasteiger partial charge in [0, 0.05) is 0 Å². The van der Waals surface area contributed by atoms with Crippen LogP contribution in [0.5, 0.6) is 23.0 Å². The van der Waals surface area contributed by atoms with Gasteiger partial charge < -0.3 is 29.9 Å². The van der Waals surface area contributed by atoms with Crippen molar-refractivity contribution in [1.82, 2.24) is 0 Å². The van der Waals surface area contributed by atoms with E-state index < -0.39 is 17.5 Å². The molecule has 0 bridgehead atoms. The fraction of sp³-hybridized carbons (Fsp3) is 0.0556. The van der Waals surface area contributed by atoms with E-state index in [9.17, 15) is 25.2 Å². The maximum atomic E-state index is 12.1. The molecule has 3 rings (SSSR count). The lowest BCUT2D eigenvalue weighted by Gasteiger charge is -2.07. The maximum Gasteiger partial charge on any atom is 0.348 e. The smallest absolute Gasteiger partial charge is 0.348 e. The third-order valence-corrected chi connectivity index (χ3v) is 3.63. The number of aromatic hydroxyl groups is 3. The summed E-state index contributed by atoms with van der Waals surface area (Å²) in [6.07, 6.45) is 1.32. The van der Waals surface area contributed by atoms with Crippen LogP contribution >= 0.6 is 0 Å². The first-order valence-electron chi connectivity index (χ1n) is 7.17. The molecule has 0 saturated heterocycles. The average Bonchev–Trinajstić information content (AvgIpc) is 2.85. The summed E-state index contributed by atoms with van der Waals surface area (Å²) in [5.74, 6) is -2.02. The van der Waals surface area contributed by atoms with Gasteiger partial charge in [0.25, 0.3) is 0 Å². The predicted molar refractivity (Wildman–Crippen MR) is 88.0 cm³/mol. The summed E-state index contributed by atoms with van der Waals surface area (Å²) in [6.45, 7) is 0. The van der Waals surface area contributed by atoms with E-state index in [0.717, 1.165) is 0 Å². The van der Waals surface area contributed by atoms with Crippen molar-refractivity contribution in [1.29, 1.82) is 0 Å². The molecule has 0 amide bonds. The van der Waals surface area contributed by atoms with Crippen molar-refractivity contribution in [2.24, 2.45) is 0 Å². The van der Waals surface area contributed by atoms with Gasteiger partial charge in [-0.1, -0.05) is 12.1 Å². The van der Waals surface area contributed by atoms with Gasteiger partial charge in [0.05, 0.1) is 7.11 Å². The molecule has 1 aliphatic rings.